The van der Waals surface area contributed by atoms with Crippen LogP contribution in [-0.4, -0.2) is 19.2 Å². The first kappa shape index (κ1) is 10.3. The Hall–Kier alpha value is -1.19. The van der Waals surface area contributed by atoms with Gasteiger partial charge in [0.1, 0.15) is 6.29 Å². The Morgan fingerprint density at radius 1 is 1.40 bits per heavy atom. The van der Waals surface area contributed by atoms with Gasteiger partial charge in [-0.05, 0) is 5.56 Å². The molecule has 0 unspecified atom stereocenters. The summed E-state index contributed by atoms with van der Waals surface area (Å²) >= 11 is 0. The zero-order chi connectivity index (χ0) is 10.5. The highest BCUT2D eigenvalue weighted by Gasteiger charge is 2.25. The van der Waals surface area contributed by atoms with Gasteiger partial charge in [0.2, 0.25) is 0 Å². The molecular weight excluding hydrogens is 192 g/mol. The van der Waals surface area contributed by atoms with Crippen molar-refractivity contribution in [1.82, 2.24) is 0 Å². The van der Waals surface area contributed by atoms with E-state index < -0.39 is 0 Å². The fraction of sp³-hybridized carbons (Fsp3) is 0.417. The van der Waals surface area contributed by atoms with E-state index in [1.54, 1.807) is 0 Å². The van der Waals surface area contributed by atoms with Crippen LogP contribution in [0, 0.1) is 5.92 Å². The fourth-order valence-electron chi connectivity index (χ4n) is 1.59. The predicted octanol–water partition coefficient (Wildman–Crippen LogP) is 1.76. The molecule has 0 amide bonds. The van der Waals surface area contributed by atoms with E-state index in [-0.39, 0.29) is 12.2 Å². The van der Waals surface area contributed by atoms with E-state index in [9.17, 15) is 4.79 Å². The Bertz CT molecular complexity index is 310. The van der Waals surface area contributed by atoms with Crippen LogP contribution in [0.4, 0.5) is 0 Å². The summed E-state index contributed by atoms with van der Waals surface area (Å²) in [6, 6.07) is 9.93. The minimum atomic E-state index is -0.222. The number of hydrogen-bond acceptors (Lipinski definition) is 3. The fourth-order valence-corrected chi connectivity index (χ4v) is 1.59. The van der Waals surface area contributed by atoms with E-state index in [0.717, 1.165) is 11.8 Å². The lowest BCUT2D eigenvalue weighted by atomic mass is 10.1. The van der Waals surface area contributed by atoms with Crippen molar-refractivity contribution >= 4 is 6.29 Å². The summed E-state index contributed by atoms with van der Waals surface area (Å²) in [6.07, 6.45) is 1.39. The summed E-state index contributed by atoms with van der Waals surface area (Å²) in [7, 11) is 0. The topological polar surface area (TPSA) is 35.5 Å². The van der Waals surface area contributed by atoms with Crippen molar-refractivity contribution in [3.05, 3.63) is 35.9 Å². The number of ether oxygens (including phenoxy) is 2. The first-order valence-corrected chi connectivity index (χ1v) is 5.11. The van der Waals surface area contributed by atoms with Crippen molar-refractivity contribution in [1.29, 1.82) is 0 Å². The summed E-state index contributed by atoms with van der Waals surface area (Å²) in [4.78, 5) is 10.5. The van der Waals surface area contributed by atoms with Crippen LogP contribution in [-0.2, 0) is 20.9 Å². The van der Waals surface area contributed by atoms with E-state index in [2.05, 4.69) is 0 Å². The Morgan fingerprint density at radius 3 is 2.87 bits per heavy atom. The predicted molar refractivity (Wildman–Crippen MR) is 55.1 cm³/mol. The van der Waals surface area contributed by atoms with E-state index in [1.807, 2.05) is 30.3 Å². The molecule has 1 aromatic carbocycles. The van der Waals surface area contributed by atoms with Gasteiger partial charge in [0.05, 0.1) is 13.2 Å². The van der Waals surface area contributed by atoms with Crippen LogP contribution in [0.1, 0.15) is 12.0 Å². The lowest BCUT2D eigenvalue weighted by Crippen LogP contribution is -2.10. The highest BCUT2D eigenvalue weighted by Crippen LogP contribution is 2.19. The van der Waals surface area contributed by atoms with Gasteiger partial charge in [-0.15, -0.1) is 0 Å². The van der Waals surface area contributed by atoms with E-state index in [0.29, 0.717) is 19.6 Å². The molecule has 80 valence electrons. The largest absolute Gasteiger partial charge is 0.352 e. The maximum atomic E-state index is 10.5. The zero-order valence-corrected chi connectivity index (χ0v) is 8.46. The van der Waals surface area contributed by atoms with Crippen LogP contribution in [0.15, 0.2) is 30.3 Å². The Kier molecular flexibility index (Phi) is 3.48. The Morgan fingerprint density at radius 2 is 2.20 bits per heavy atom. The molecule has 1 heterocycles. The second-order valence-electron chi connectivity index (χ2n) is 3.69. The molecule has 3 heteroatoms. The molecule has 0 spiro atoms. The van der Waals surface area contributed by atoms with Crippen molar-refractivity contribution in [2.75, 3.05) is 6.61 Å². The Balaban J connectivity index is 1.77. The average molecular weight is 206 g/mol. The van der Waals surface area contributed by atoms with Crippen LogP contribution in [0.5, 0.6) is 0 Å². The van der Waals surface area contributed by atoms with Gasteiger partial charge in [-0.2, -0.15) is 0 Å². The van der Waals surface area contributed by atoms with Gasteiger partial charge >= 0.3 is 0 Å². The molecule has 0 saturated carbocycles. The summed E-state index contributed by atoms with van der Waals surface area (Å²) in [6.45, 7) is 1.03. The standard InChI is InChI=1S/C12H14O3/c13-7-11-6-12(15-9-11)14-8-10-4-2-1-3-5-10/h1-5,7,11-12H,6,8-9H2/t11-,12-/m1/s1. The van der Waals surface area contributed by atoms with Gasteiger partial charge in [-0.1, -0.05) is 30.3 Å². The van der Waals surface area contributed by atoms with Crippen LogP contribution in [0.3, 0.4) is 0 Å². The highest BCUT2D eigenvalue weighted by molar-refractivity contribution is 5.54. The molecule has 1 aliphatic heterocycles. The lowest BCUT2D eigenvalue weighted by Gasteiger charge is -2.10. The molecule has 0 radical (unpaired) electrons. The second kappa shape index (κ2) is 5.05. The number of rotatable bonds is 4. The molecule has 15 heavy (non-hydrogen) atoms. The van der Waals surface area contributed by atoms with Crippen molar-refractivity contribution in [3.63, 3.8) is 0 Å². The molecule has 2 rings (SSSR count). The number of carbonyl (C=O) groups is 1. The van der Waals surface area contributed by atoms with E-state index in [1.165, 1.54) is 0 Å². The maximum absolute atomic E-state index is 10.5. The summed E-state index contributed by atoms with van der Waals surface area (Å²) < 4.78 is 10.9. The normalized spacial score (nSPS) is 25.3. The minimum absolute atomic E-state index is 0.00535. The quantitative estimate of drug-likeness (QED) is 0.704. The van der Waals surface area contributed by atoms with Crippen LogP contribution in [0.25, 0.3) is 0 Å². The average Bonchev–Trinajstić information content (AvgIpc) is 2.76. The number of carbonyl (C=O) groups excluding carboxylic acids is 1. The molecule has 1 saturated heterocycles. The molecule has 2 atom stereocenters. The second-order valence-corrected chi connectivity index (χ2v) is 3.69. The number of aldehydes is 1. The van der Waals surface area contributed by atoms with Gasteiger partial charge in [0.15, 0.2) is 6.29 Å². The van der Waals surface area contributed by atoms with Gasteiger partial charge in [0, 0.05) is 12.3 Å². The van der Waals surface area contributed by atoms with Crippen molar-refractivity contribution < 1.29 is 14.3 Å². The SMILES string of the molecule is O=C[C@@H]1CO[C@@H](OCc2ccccc2)C1. The molecule has 0 N–H and O–H groups in total. The summed E-state index contributed by atoms with van der Waals surface area (Å²) in [5.41, 5.74) is 1.12. The third kappa shape index (κ3) is 2.88. The minimum Gasteiger partial charge on any atom is -0.352 e. The third-order valence-corrected chi connectivity index (χ3v) is 2.46. The first-order chi connectivity index (χ1) is 7.38. The zero-order valence-electron chi connectivity index (χ0n) is 8.46. The van der Waals surface area contributed by atoms with Gasteiger partial charge in [0.25, 0.3) is 0 Å². The van der Waals surface area contributed by atoms with Crippen LogP contribution < -0.4 is 0 Å². The Labute approximate surface area is 89.0 Å². The monoisotopic (exact) mass is 206 g/mol. The summed E-state index contributed by atoms with van der Waals surface area (Å²) in [5, 5.41) is 0. The smallest absolute Gasteiger partial charge is 0.158 e. The molecule has 0 aliphatic carbocycles. The van der Waals surface area contributed by atoms with Crippen molar-refractivity contribution in [2.24, 2.45) is 5.92 Å². The van der Waals surface area contributed by atoms with E-state index in [4.69, 9.17) is 9.47 Å². The third-order valence-electron chi connectivity index (χ3n) is 2.46. The van der Waals surface area contributed by atoms with Crippen molar-refractivity contribution in [3.8, 4) is 0 Å². The van der Waals surface area contributed by atoms with E-state index >= 15 is 0 Å². The summed E-state index contributed by atoms with van der Waals surface area (Å²) in [5.74, 6) is 0.00535. The number of benzene rings is 1. The lowest BCUT2D eigenvalue weighted by molar-refractivity contribution is -0.118. The first-order valence-electron chi connectivity index (χ1n) is 5.11. The van der Waals surface area contributed by atoms with Gasteiger partial charge in [-0.25, -0.2) is 0 Å². The van der Waals surface area contributed by atoms with Gasteiger partial charge in [-0.3, -0.25) is 0 Å². The van der Waals surface area contributed by atoms with Gasteiger partial charge < -0.3 is 14.3 Å². The molecule has 1 aliphatic rings. The molecule has 1 fully saturated rings. The maximum Gasteiger partial charge on any atom is 0.158 e. The molecule has 3 nitrogen and oxygen atoms in total. The highest BCUT2D eigenvalue weighted by atomic mass is 16.7. The van der Waals surface area contributed by atoms with Crippen molar-refractivity contribution in [2.45, 2.75) is 19.3 Å². The molecule has 0 bridgehead atoms. The van der Waals surface area contributed by atoms with Crippen LogP contribution in [0.2, 0.25) is 0 Å². The molecule has 1 aromatic rings. The van der Waals surface area contributed by atoms with Crippen LogP contribution >= 0.6 is 0 Å². The number of hydrogen-bond donors (Lipinski definition) is 0. The molecule has 0 aromatic heterocycles. The molecular formula is C12H14O3.